The number of epoxide rings is 1. The highest BCUT2D eigenvalue weighted by atomic mass is 16.6. The summed E-state index contributed by atoms with van der Waals surface area (Å²) >= 11 is 0. The minimum absolute atomic E-state index is 0.155. The van der Waals surface area contributed by atoms with Gasteiger partial charge in [-0.25, -0.2) is 4.79 Å². The van der Waals surface area contributed by atoms with Gasteiger partial charge in [0.2, 0.25) is 0 Å². The summed E-state index contributed by atoms with van der Waals surface area (Å²) in [5.41, 5.74) is -0.680. The number of nitrogens with zero attached hydrogens (tertiary/aromatic N) is 1. The molecule has 1 aliphatic heterocycles. The molecule has 1 heterocycles. The number of hydrogen-bond donors (Lipinski definition) is 0. The number of carbonyl (C=O) groups excluding carboxylic acids is 1. The Balaban J connectivity index is 2.44. The molecule has 1 atom stereocenters. The second-order valence-corrected chi connectivity index (χ2v) is 6.84. The summed E-state index contributed by atoms with van der Waals surface area (Å²) in [5, 5.41) is 0. The second-order valence-electron chi connectivity index (χ2n) is 6.84. The van der Waals surface area contributed by atoms with Crippen molar-refractivity contribution in [2.45, 2.75) is 58.8 Å². The highest BCUT2D eigenvalue weighted by molar-refractivity contribution is 5.68. The van der Waals surface area contributed by atoms with Crippen LogP contribution in [0.2, 0.25) is 0 Å². The Hall–Kier alpha value is -0.810. The van der Waals surface area contributed by atoms with Crippen LogP contribution in [-0.2, 0) is 14.2 Å². The van der Waals surface area contributed by atoms with E-state index in [1.54, 1.807) is 4.90 Å². The molecule has 0 aromatic heterocycles. The summed E-state index contributed by atoms with van der Waals surface area (Å²) in [4.78, 5) is 13.7. The Morgan fingerprint density at radius 3 is 2.21 bits per heavy atom. The molecule has 0 bridgehead atoms. The fourth-order valence-electron chi connectivity index (χ4n) is 1.46. The van der Waals surface area contributed by atoms with Gasteiger partial charge in [0, 0.05) is 6.54 Å². The van der Waals surface area contributed by atoms with Crippen LogP contribution in [0.5, 0.6) is 0 Å². The van der Waals surface area contributed by atoms with E-state index in [1.165, 1.54) is 0 Å². The van der Waals surface area contributed by atoms with Gasteiger partial charge in [-0.2, -0.15) is 0 Å². The Morgan fingerprint density at radius 2 is 1.79 bits per heavy atom. The second kappa shape index (κ2) is 6.09. The monoisotopic (exact) mass is 273 g/mol. The van der Waals surface area contributed by atoms with Gasteiger partial charge in [-0.15, -0.1) is 0 Å². The van der Waals surface area contributed by atoms with Gasteiger partial charge >= 0.3 is 6.09 Å². The van der Waals surface area contributed by atoms with Crippen LogP contribution in [0.25, 0.3) is 0 Å². The molecule has 1 unspecified atom stereocenters. The van der Waals surface area contributed by atoms with E-state index < -0.39 is 5.60 Å². The Labute approximate surface area is 116 Å². The third kappa shape index (κ3) is 8.06. The van der Waals surface area contributed by atoms with E-state index in [4.69, 9.17) is 14.2 Å². The lowest BCUT2D eigenvalue weighted by atomic mass is 10.2. The molecule has 0 radical (unpaired) electrons. The van der Waals surface area contributed by atoms with Gasteiger partial charge in [-0.1, -0.05) is 0 Å². The van der Waals surface area contributed by atoms with E-state index in [2.05, 4.69) is 0 Å². The molecule has 5 heteroatoms. The first-order valence-electron chi connectivity index (χ1n) is 6.80. The lowest BCUT2D eigenvalue weighted by Crippen LogP contribution is -2.41. The van der Waals surface area contributed by atoms with Gasteiger partial charge < -0.3 is 19.1 Å². The molecule has 5 nitrogen and oxygen atoms in total. The van der Waals surface area contributed by atoms with Gasteiger partial charge in [-0.3, -0.25) is 0 Å². The number of carbonyl (C=O) groups is 1. The summed E-state index contributed by atoms with van der Waals surface area (Å²) in [5.74, 6) is 0. The third-order valence-electron chi connectivity index (χ3n) is 2.37. The summed E-state index contributed by atoms with van der Waals surface area (Å²) in [7, 11) is 0. The average molecular weight is 273 g/mol. The highest BCUT2D eigenvalue weighted by Gasteiger charge is 2.30. The normalized spacial score (nSPS) is 19.2. The van der Waals surface area contributed by atoms with Crippen LogP contribution >= 0.6 is 0 Å². The van der Waals surface area contributed by atoms with Crippen LogP contribution in [0, 0.1) is 0 Å². The van der Waals surface area contributed by atoms with Crippen molar-refractivity contribution < 1.29 is 19.0 Å². The van der Waals surface area contributed by atoms with Crippen molar-refractivity contribution in [3.8, 4) is 0 Å². The van der Waals surface area contributed by atoms with E-state index in [1.807, 2.05) is 41.5 Å². The number of amides is 1. The molecule has 19 heavy (non-hydrogen) atoms. The Bertz CT molecular complexity index is 300. The van der Waals surface area contributed by atoms with Gasteiger partial charge in [0.05, 0.1) is 31.5 Å². The smallest absolute Gasteiger partial charge is 0.410 e. The lowest BCUT2D eigenvalue weighted by molar-refractivity contribution is -0.0217. The largest absolute Gasteiger partial charge is 0.444 e. The molecule has 0 saturated carbocycles. The predicted octanol–water partition coefficient (Wildman–Crippen LogP) is 2.44. The van der Waals surface area contributed by atoms with Crippen molar-refractivity contribution in [1.29, 1.82) is 0 Å². The summed E-state index contributed by atoms with van der Waals surface area (Å²) in [6, 6.07) is 0. The zero-order valence-corrected chi connectivity index (χ0v) is 13.0. The third-order valence-corrected chi connectivity index (χ3v) is 2.37. The average Bonchev–Trinajstić information content (AvgIpc) is 2.95. The molecule has 1 fully saturated rings. The van der Waals surface area contributed by atoms with Crippen molar-refractivity contribution in [3.63, 3.8) is 0 Å². The van der Waals surface area contributed by atoms with Crippen molar-refractivity contribution in [1.82, 2.24) is 4.90 Å². The minimum Gasteiger partial charge on any atom is -0.444 e. The van der Waals surface area contributed by atoms with Crippen LogP contribution in [0.3, 0.4) is 0 Å². The number of ether oxygens (including phenoxy) is 3. The maximum absolute atomic E-state index is 12.1. The molecule has 112 valence electrons. The van der Waals surface area contributed by atoms with Crippen molar-refractivity contribution >= 4 is 6.09 Å². The summed E-state index contributed by atoms with van der Waals surface area (Å²) in [6.45, 7) is 13.9. The van der Waals surface area contributed by atoms with Crippen LogP contribution in [0.4, 0.5) is 4.79 Å². The van der Waals surface area contributed by atoms with Crippen LogP contribution in [0.15, 0.2) is 0 Å². The Kier molecular flexibility index (Phi) is 5.21. The topological polar surface area (TPSA) is 51.3 Å². The molecule has 0 spiro atoms. The molecule has 0 aromatic rings. The van der Waals surface area contributed by atoms with Gasteiger partial charge in [0.15, 0.2) is 0 Å². The van der Waals surface area contributed by atoms with E-state index >= 15 is 0 Å². The SMILES string of the molecule is CC(C)(C)OCCN(CC1CO1)C(=O)OC(C)(C)C. The highest BCUT2D eigenvalue weighted by Crippen LogP contribution is 2.15. The first kappa shape index (κ1) is 16.2. The van der Waals surface area contributed by atoms with Crippen LogP contribution in [-0.4, -0.2) is 54.6 Å². The van der Waals surface area contributed by atoms with E-state index in [9.17, 15) is 4.79 Å². The van der Waals surface area contributed by atoms with Crippen LogP contribution in [0.1, 0.15) is 41.5 Å². The molecule has 1 aliphatic rings. The number of hydrogen-bond acceptors (Lipinski definition) is 4. The zero-order valence-electron chi connectivity index (χ0n) is 13.0. The van der Waals surface area contributed by atoms with Gasteiger partial charge in [0.25, 0.3) is 0 Å². The lowest BCUT2D eigenvalue weighted by Gasteiger charge is -2.28. The van der Waals surface area contributed by atoms with E-state index in [0.717, 1.165) is 6.61 Å². The maximum Gasteiger partial charge on any atom is 0.410 e. The molecule has 1 rings (SSSR count). The standard InChI is InChI=1S/C14H27NO4/c1-13(2,3)18-8-7-15(9-11-10-17-11)12(16)19-14(4,5)6/h11H,7-10H2,1-6H3. The van der Waals surface area contributed by atoms with Gasteiger partial charge in [-0.05, 0) is 41.5 Å². The fraction of sp³-hybridized carbons (Fsp3) is 0.929. The Morgan fingerprint density at radius 1 is 1.21 bits per heavy atom. The van der Waals surface area contributed by atoms with Gasteiger partial charge in [0.1, 0.15) is 5.60 Å². The molecule has 0 aliphatic carbocycles. The number of rotatable bonds is 5. The van der Waals surface area contributed by atoms with Crippen molar-refractivity contribution in [2.75, 3.05) is 26.3 Å². The fourth-order valence-corrected chi connectivity index (χ4v) is 1.46. The molecular formula is C14H27NO4. The maximum atomic E-state index is 12.1. The molecule has 1 amide bonds. The quantitative estimate of drug-likeness (QED) is 0.722. The van der Waals surface area contributed by atoms with Crippen LogP contribution < -0.4 is 0 Å². The first-order chi connectivity index (χ1) is 8.57. The summed E-state index contributed by atoms with van der Waals surface area (Å²) < 4.78 is 16.2. The minimum atomic E-state index is -0.482. The molecule has 0 N–H and O–H groups in total. The van der Waals surface area contributed by atoms with Crippen molar-refractivity contribution in [3.05, 3.63) is 0 Å². The van der Waals surface area contributed by atoms with E-state index in [-0.39, 0.29) is 17.8 Å². The van der Waals surface area contributed by atoms with E-state index in [0.29, 0.717) is 19.7 Å². The van der Waals surface area contributed by atoms with Crippen molar-refractivity contribution in [2.24, 2.45) is 0 Å². The zero-order chi connectivity index (χ0) is 14.7. The summed E-state index contributed by atoms with van der Waals surface area (Å²) in [6.07, 6.45) is -0.150. The predicted molar refractivity (Wildman–Crippen MR) is 73.3 cm³/mol. The molecule has 0 aromatic carbocycles. The first-order valence-corrected chi connectivity index (χ1v) is 6.80. The molecular weight excluding hydrogens is 246 g/mol. The molecule has 1 saturated heterocycles.